The van der Waals surface area contributed by atoms with Crippen molar-refractivity contribution in [2.45, 2.75) is 38.7 Å². The monoisotopic (exact) mass is 302 g/mol. The van der Waals surface area contributed by atoms with Gasteiger partial charge in [-0.05, 0) is 19.3 Å². The molecule has 0 unspecified atom stereocenters. The van der Waals surface area contributed by atoms with E-state index >= 15 is 0 Å². The van der Waals surface area contributed by atoms with Crippen molar-refractivity contribution >= 4 is 23.8 Å². The van der Waals surface area contributed by atoms with E-state index in [1.807, 2.05) is 0 Å². The summed E-state index contributed by atoms with van der Waals surface area (Å²) < 4.78 is 5.02. The molecule has 9 nitrogen and oxygen atoms in total. The third-order valence-electron chi connectivity index (χ3n) is 2.41. The summed E-state index contributed by atoms with van der Waals surface area (Å²) in [6.45, 7) is 1.25. The molecule has 0 aliphatic rings. The lowest BCUT2D eigenvalue weighted by Crippen LogP contribution is -2.33. The highest BCUT2D eigenvalue weighted by molar-refractivity contribution is 5.81. The molecule has 0 heterocycles. The smallest absolute Gasteiger partial charge is 0.322 e. The van der Waals surface area contributed by atoms with Crippen LogP contribution in [0, 0.1) is 0 Å². The van der Waals surface area contributed by atoms with Crippen LogP contribution >= 0.6 is 0 Å². The van der Waals surface area contributed by atoms with E-state index in [9.17, 15) is 14.4 Å². The number of nitrogens with zero attached hydrogens (tertiary/aromatic N) is 1. The van der Waals surface area contributed by atoms with E-state index in [1.165, 1.54) is 6.92 Å². The van der Waals surface area contributed by atoms with Crippen LogP contribution in [0.25, 0.3) is 0 Å². The van der Waals surface area contributed by atoms with Crippen LogP contribution in [0.5, 0.6) is 0 Å². The van der Waals surface area contributed by atoms with Crippen LogP contribution < -0.4 is 16.8 Å². The largest absolute Gasteiger partial charge is 0.480 e. The topological polar surface area (TPSA) is 157 Å². The van der Waals surface area contributed by atoms with Gasteiger partial charge in [0.05, 0.1) is 6.42 Å². The second kappa shape index (κ2) is 10.5. The Hall–Kier alpha value is -2.32. The molecule has 0 aromatic heterocycles. The molecule has 0 saturated heterocycles. The van der Waals surface area contributed by atoms with Gasteiger partial charge in [-0.25, -0.2) is 0 Å². The molecule has 0 aliphatic carbocycles. The van der Waals surface area contributed by atoms with E-state index < -0.39 is 30.5 Å². The number of carboxylic acid groups (broad SMARTS) is 1. The molecule has 0 fully saturated rings. The molecule has 0 saturated carbocycles. The molecule has 0 radical (unpaired) electrons. The number of carboxylic acids is 1. The highest BCUT2D eigenvalue weighted by atomic mass is 16.5. The van der Waals surface area contributed by atoms with E-state index in [1.54, 1.807) is 0 Å². The van der Waals surface area contributed by atoms with E-state index in [2.05, 4.69) is 10.3 Å². The fraction of sp³-hybridized carbons (Fsp3) is 0.667. The van der Waals surface area contributed by atoms with Gasteiger partial charge in [-0.15, -0.1) is 0 Å². The van der Waals surface area contributed by atoms with Gasteiger partial charge in [-0.1, -0.05) is 0 Å². The molecular formula is C12H22N4O5. The number of esters is 1. The van der Waals surface area contributed by atoms with Crippen molar-refractivity contribution in [2.75, 3.05) is 13.1 Å². The van der Waals surface area contributed by atoms with Gasteiger partial charge < -0.3 is 26.6 Å². The van der Waals surface area contributed by atoms with Gasteiger partial charge in [0.15, 0.2) is 5.96 Å². The lowest BCUT2D eigenvalue weighted by atomic mass is 10.1. The van der Waals surface area contributed by atoms with Crippen LogP contribution in [0.1, 0.15) is 32.6 Å². The lowest BCUT2D eigenvalue weighted by Gasteiger charge is -2.16. The number of nitrogens with two attached hydrogens (primary N) is 2. The maximum Gasteiger partial charge on any atom is 0.322 e. The van der Waals surface area contributed by atoms with Crippen LogP contribution in [0.4, 0.5) is 0 Å². The zero-order chi connectivity index (χ0) is 16.3. The maximum atomic E-state index is 11.5. The van der Waals surface area contributed by atoms with Crippen molar-refractivity contribution in [3.63, 3.8) is 0 Å². The van der Waals surface area contributed by atoms with Crippen molar-refractivity contribution in [1.29, 1.82) is 0 Å². The van der Waals surface area contributed by atoms with Crippen molar-refractivity contribution in [3.8, 4) is 0 Å². The fourth-order valence-electron chi connectivity index (χ4n) is 1.58. The average Bonchev–Trinajstić information content (AvgIpc) is 2.34. The first kappa shape index (κ1) is 18.7. The Kier molecular flexibility index (Phi) is 9.31. The van der Waals surface area contributed by atoms with Gasteiger partial charge in [0.25, 0.3) is 0 Å². The summed E-state index contributed by atoms with van der Waals surface area (Å²) in [4.78, 5) is 36.6. The van der Waals surface area contributed by atoms with Gasteiger partial charge >= 0.3 is 11.9 Å². The molecule has 0 aliphatic heterocycles. The average molecular weight is 302 g/mol. The quantitative estimate of drug-likeness (QED) is 0.173. The Bertz CT molecular complexity index is 393. The van der Waals surface area contributed by atoms with E-state index in [4.69, 9.17) is 21.3 Å². The van der Waals surface area contributed by atoms with E-state index in [-0.39, 0.29) is 12.4 Å². The summed E-state index contributed by atoms with van der Waals surface area (Å²) in [5, 5.41) is 10.7. The van der Waals surface area contributed by atoms with Crippen LogP contribution in [-0.2, 0) is 19.1 Å². The van der Waals surface area contributed by atoms with Gasteiger partial charge in [0.1, 0.15) is 12.6 Å². The third kappa shape index (κ3) is 12.5. The summed E-state index contributed by atoms with van der Waals surface area (Å²) in [5.41, 5.74) is 10.4. The normalized spacial score (nSPS) is 11.3. The molecule has 0 aromatic carbocycles. The highest BCUT2D eigenvalue weighted by Crippen LogP contribution is 2.10. The number of rotatable bonds is 10. The second-order valence-electron chi connectivity index (χ2n) is 4.41. The predicted octanol–water partition coefficient (Wildman–Crippen LogP) is -1.05. The molecule has 0 aromatic rings. The minimum Gasteiger partial charge on any atom is -0.480 e. The summed E-state index contributed by atoms with van der Waals surface area (Å²) in [6.07, 6.45) is 1.17. The van der Waals surface area contributed by atoms with Gasteiger partial charge in [0.2, 0.25) is 5.91 Å². The van der Waals surface area contributed by atoms with Crippen molar-refractivity contribution in [1.82, 2.24) is 5.32 Å². The van der Waals surface area contributed by atoms with Crippen LogP contribution in [0.2, 0.25) is 0 Å². The fourth-order valence-corrected chi connectivity index (χ4v) is 1.58. The Morgan fingerprint density at radius 1 is 1.29 bits per heavy atom. The van der Waals surface area contributed by atoms with Gasteiger partial charge in [0, 0.05) is 13.5 Å². The van der Waals surface area contributed by atoms with Crippen LogP contribution in [0.15, 0.2) is 4.99 Å². The summed E-state index contributed by atoms with van der Waals surface area (Å²) in [5.74, 6) is -2.09. The minimum atomic E-state index is -1.13. The number of hydrogen-bond donors (Lipinski definition) is 4. The zero-order valence-electron chi connectivity index (χ0n) is 12.0. The molecule has 0 rings (SSSR count). The highest BCUT2D eigenvalue weighted by Gasteiger charge is 2.17. The van der Waals surface area contributed by atoms with E-state index in [0.717, 1.165) is 0 Å². The van der Waals surface area contributed by atoms with Crippen molar-refractivity contribution in [3.05, 3.63) is 0 Å². The predicted molar refractivity (Wildman–Crippen MR) is 75.3 cm³/mol. The van der Waals surface area contributed by atoms with Crippen LogP contribution in [-0.4, -0.2) is 48.1 Å². The Morgan fingerprint density at radius 3 is 2.48 bits per heavy atom. The first-order valence-corrected chi connectivity index (χ1v) is 6.52. The molecule has 1 atom stereocenters. The number of guanidine groups is 1. The number of hydrogen-bond acceptors (Lipinski definition) is 5. The molecule has 0 bridgehead atoms. The molecular weight excluding hydrogens is 280 g/mol. The number of aliphatic imine (C=N–C) groups is 1. The first-order valence-electron chi connectivity index (χ1n) is 6.52. The molecule has 21 heavy (non-hydrogen) atoms. The number of unbranched alkanes of at least 4 members (excludes halogenated alkanes) is 1. The molecule has 120 valence electrons. The number of amides is 1. The van der Waals surface area contributed by atoms with Crippen molar-refractivity contribution in [2.24, 2.45) is 16.5 Å². The summed E-state index contributed by atoms with van der Waals surface area (Å²) in [6, 6.07) is 0. The van der Waals surface area contributed by atoms with Crippen LogP contribution in [0.3, 0.4) is 0 Å². The lowest BCUT2D eigenvalue weighted by molar-refractivity contribution is -0.148. The Morgan fingerprint density at radius 2 is 1.95 bits per heavy atom. The SMILES string of the molecule is CC(=O)O[C@@H](CCCCN=C(N)N)CC(=O)NCC(=O)O. The first-order chi connectivity index (χ1) is 9.81. The number of ether oxygens (including phenoxy) is 1. The van der Waals surface area contributed by atoms with Gasteiger partial charge in [-0.3, -0.25) is 19.4 Å². The molecule has 6 N–H and O–H groups in total. The Labute approximate surface area is 122 Å². The molecule has 9 heteroatoms. The number of carbonyl (C=O) groups excluding carboxylic acids is 2. The third-order valence-corrected chi connectivity index (χ3v) is 2.41. The van der Waals surface area contributed by atoms with E-state index in [0.29, 0.717) is 25.8 Å². The minimum absolute atomic E-state index is 0.0135. The maximum absolute atomic E-state index is 11.5. The Balaban J connectivity index is 4.13. The molecule has 1 amide bonds. The number of nitrogens with one attached hydrogen (secondary N) is 1. The second-order valence-corrected chi connectivity index (χ2v) is 4.41. The number of carbonyl (C=O) groups is 3. The standard InChI is InChI=1S/C12H22N4O5/c1-8(17)21-9(4-2-3-5-15-12(13)14)6-10(18)16-7-11(19)20/h9H,2-7H2,1H3,(H,16,18)(H,19,20)(H4,13,14,15)/t9-/m0/s1. The molecule has 0 spiro atoms. The van der Waals surface area contributed by atoms with Crippen molar-refractivity contribution < 1.29 is 24.2 Å². The zero-order valence-corrected chi connectivity index (χ0v) is 12.0. The van der Waals surface area contributed by atoms with Gasteiger partial charge in [-0.2, -0.15) is 0 Å². The number of aliphatic carboxylic acids is 1. The summed E-state index contributed by atoms with van der Waals surface area (Å²) >= 11 is 0. The summed E-state index contributed by atoms with van der Waals surface area (Å²) in [7, 11) is 0.